The van der Waals surface area contributed by atoms with Crippen LogP contribution in [0.3, 0.4) is 0 Å². The van der Waals surface area contributed by atoms with Gasteiger partial charge in [0.05, 0.1) is 5.41 Å². The number of hydrogen-bond acceptors (Lipinski definition) is 4. The lowest BCUT2D eigenvalue weighted by Crippen LogP contribution is -2.28. The molecule has 0 N–H and O–H groups in total. The van der Waals surface area contributed by atoms with Crippen LogP contribution in [0.5, 0.6) is 0 Å². The molecule has 0 amide bonds. The molecule has 0 atom stereocenters. The topological polar surface area (TPSA) is 38.7 Å². The molecule has 2 aromatic heterocycles. The molecule has 1 aliphatic carbocycles. The molecular weight excluding hydrogens is 747 g/mol. The number of thiophene rings is 1. The summed E-state index contributed by atoms with van der Waals surface area (Å²) in [7, 11) is 0. The number of benzene rings is 9. The third-order valence-corrected chi connectivity index (χ3v) is 13.3. The van der Waals surface area contributed by atoms with Crippen molar-refractivity contribution in [2.24, 2.45) is 0 Å². The second kappa shape index (κ2) is 13.8. The summed E-state index contributed by atoms with van der Waals surface area (Å²) < 4.78 is 2.53. The van der Waals surface area contributed by atoms with Crippen LogP contribution in [0.2, 0.25) is 0 Å². The van der Waals surface area contributed by atoms with E-state index in [9.17, 15) is 0 Å². The van der Waals surface area contributed by atoms with E-state index in [1.807, 2.05) is 47.7 Å². The van der Waals surface area contributed by atoms with Crippen molar-refractivity contribution in [2.45, 2.75) is 5.41 Å². The zero-order valence-corrected chi connectivity index (χ0v) is 33.3. The quantitative estimate of drug-likeness (QED) is 0.169. The fourth-order valence-corrected chi connectivity index (χ4v) is 10.8. The highest BCUT2D eigenvalue weighted by Crippen LogP contribution is 2.57. The van der Waals surface area contributed by atoms with E-state index in [1.165, 1.54) is 59.1 Å². The van der Waals surface area contributed by atoms with Gasteiger partial charge in [-0.2, -0.15) is 0 Å². The Bertz CT molecular complexity index is 3330. The lowest BCUT2D eigenvalue weighted by Gasteiger charge is -2.33. The van der Waals surface area contributed by atoms with Crippen LogP contribution in [0, 0.1) is 0 Å². The van der Waals surface area contributed by atoms with Crippen LogP contribution in [-0.2, 0) is 5.41 Å². The van der Waals surface area contributed by atoms with Gasteiger partial charge in [-0.15, -0.1) is 11.3 Å². The van der Waals surface area contributed by atoms with Crippen LogP contribution in [0.25, 0.3) is 87.4 Å². The van der Waals surface area contributed by atoms with Gasteiger partial charge in [-0.3, -0.25) is 0 Å². The summed E-state index contributed by atoms with van der Waals surface area (Å²) >= 11 is 1.87. The molecule has 0 fully saturated rings. The summed E-state index contributed by atoms with van der Waals surface area (Å²) in [5.41, 5.74) is 12.5. The SMILES string of the molecule is c1ccc(-c2nc(-c3ccccc3)nc(-c3cc(-c4cccc5sc6cc(C7(c8ccccc8)c8ccccc8-c8ccccc87)ccc6c45)cc4ccccc34)n2)cc1. The zero-order valence-electron chi connectivity index (χ0n) is 32.5. The van der Waals surface area contributed by atoms with Gasteiger partial charge in [0.25, 0.3) is 0 Å². The molecule has 2 heterocycles. The molecule has 0 saturated carbocycles. The Morgan fingerprint density at radius 2 is 0.900 bits per heavy atom. The predicted molar refractivity (Wildman–Crippen MR) is 249 cm³/mol. The molecule has 0 spiro atoms. The first-order chi connectivity index (χ1) is 29.7. The molecule has 280 valence electrons. The van der Waals surface area contributed by atoms with Crippen LogP contribution in [0.1, 0.15) is 22.3 Å². The standard InChI is InChI=1S/C56H35N3S/c1-4-17-36(18-5-1)53-57-54(37-19-6-2-7-20-37)59-55(58-53)47-34-39(33-38-21-10-11-24-42(38)47)43-27-16-30-50-52(43)46-32-31-41(35-51(46)60-50)56(40-22-8-3-9-23-40)48-28-14-12-25-44(48)45-26-13-15-29-49(45)56/h1-35H. The molecule has 60 heavy (non-hydrogen) atoms. The number of rotatable bonds is 6. The first-order valence-corrected chi connectivity index (χ1v) is 21.2. The monoisotopic (exact) mass is 781 g/mol. The van der Waals surface area contributed by atoms with E-state index in [4.69, 9.17) is 15.0 Å². The van der Waals surface area contributed by atoms with E-state index in [0.29, 0.717) is 17.5 Å². The van der Waals surface area contributed by atoms with Gasteiger partial charge >= 0.3 is 0 Å². The number of aromatic nitrogens is 3. The van der Waals surface area contributed by atoms with Crippen LogP contribution >= 0.6 is 11.3 Å². The molecule has 0 unspecified atom stereocenters. The third kappa shape index (κ3) is 5.31. The molecule has 4 heteroatoms. The van der Waals surface area contributed by atoms with E-state index >= 15 is 0 Å². The predicted octanol–water partition coefficient (Wildman–Crippen LogP) is 14.4. The minimum atomic E-state index is -0.448. The average molecular weight is 782 g/mol. The fraction of sp³-hybridized carbons (Fsp3) is 0.0179. The molecule has 0 saturated heterocycles. The molecule has 0 bridgehead atoms. The lowest BCUT2D eigenvalue weighted by atomic mass is 9.67. The molecule has 1 aliphatic rings. The zero-order chi connectivity index (χ0) is 39.6. The molecule has 0 aliphatic heterocycles. The van der Waals surface area contributed by atoms with Gasteiger partial charge in [-0.1, -0.05) is 188 Å². The Balaban J connectivity index is 1.07. The Labute approximate surface area is 352 Å². The van der Waals surface area contributed by atoms with E-state index < -0.39 is 5.41 Å². The van der Waals surface area contributed by atoms with Crippen molar-refractivity contribution in [1.82, 2.24) is 15.0 Å². The van der Waals surface area contributed by atoms with E-state index in [-0.39, 0.29) is 0 Å². The minimum Gasteiger partial charge on any atom is -0.208 e. The summed E-state index contributed by atoms with van der Waals surface area (Å²) in [4.78, 5) is 15.3. The third-order valence-electron chi connectivity index (χ3n) is 12.2. The van der Waals surface area contributed by atoms with Gasteiger partial charge in [0.1, 0.15) is 0 Å². The maximum absolute atomic E-state index is 5.18. The van der Waals surface area contributed by atoms with Crippen LogP contribution < -0.4 is 0 Å². The highest BCUT2D eigenvalue weighted by molar-refractivity contribution is 7.26. The molecule has 0 radical (unpaired) electrons. The number of hydrogen-bond donors (Lipinski definition) is 0. The van der Waals surface area contributed by atoms with Crippen molar-refractivity contribution in [3.8, 4) is 56.4 Å². The lowest BCUT2D eigenvalue weighted by molar-refractivity contribution is 0.770. The number of nitrogens with zero attached hydrogens (tertiary/aromatic N) is 3. The fourth-order valence-electron chi connectivity index (χ4n) is 9.59. The van der Waals surface area contributed by atoms with Crippen molar-refractivity contribution in [2.75, 3.05) is 0 Å². The summed E-state index contributed by atoms with van der Waals surface area (Å²) in [5, 5.41) is 4.75. The highest BCUT2D eigenvalue weighted by Gasteiger charge is 2.46. The van der Waals surface area contributed by atoms with Crippen LogP contribution in [-0.4, -0.2) is 15.0 Å². The van der Waals surface area contributed by atoms with Crippen LogP contribution in [0.15, 0.2) is 212 Å². The van der Waals surface area contributed by atoms with Gasteiger partial charge in [-0.05, 0) is 79.5 Å². The van der Waals surface area contributed by atoms with Crippen molar-refractivity contribution in [3.05, 3.63) is 235 Å². The summed E-state index contributed by atoms with van der Waals surface area (Å²) in [6.45, 7) is 0. The second-order valence-corrected chi connectivity index (χ2v) is 16.6. The van der Waals surface area contributed by atoms with Gasteiger partial charge < -0.3 is 0 Å². The van der Waals surface area contributed by atoms with Crippen molar-refractivity contribution < 1.29 is 0 Å². The van der Waals surface area contributed by atoms with Gasteiger partial charge in [-0.25, -0.2) is 15.0 Å². The Hall–Kier alpha value is -7.53. The van der Waals surface area contributed by atoms with Gasteiger partial charge in [0.15, 0.2) is 17.5 Å². The van der Waals surface area contributed by atoms with Crippen molar-refractivity contribution in [3.63, 3.8) is 0 Å². The Morgan fingerprint density at radius 3 is 1.58 bits per heavy atom. The number of fused-ring (bicyclic) bond motifs is 7. The molecule has 9 aromatic carbocycles. The van der Waals surface area contributed by atoms with Gasteiger partial charge in [0.2, 0.25) is 0 Å². The van der Waals surface area contributed by atoms with Crippen molar-refractivity contribution in [1.29, 1.82) is 0 Å². The molecule has 12 rings (SSSR count). The maximum Gasteiger partial charge on any atom is 0.164 e. The smallest absolute Gasteiger partial charge is 0.164 e. The van der Waals surface area contributed by atoms with Crippen LogP contribution in [0.4, 0.5) is 0 Å². The Morgan fingerprint density at radius 1 is 0.333 bits per heavy atom. The van der Waals surface area contributed by atoms with Gasteiger partial charge in [0, 0.05) is 36.9 Å². The summed E-state index contributed by atoms with van der Waals surface area (Å²) in [6, 6.07) is 76.4. The van der Waals surface area contributed by atoms with Crippen molar-refractivity contribution >= 4 is 42.3 Å². The highest BCUT2D eigenvalue weighted by atomic mass is 32.1. The average Bonchev–Trinajstić information content (AvgIpc) is 3.85. The van der Waals surface area contributed by atoms with E-state index in [1.54, 1.807) is 0 Å². The maximum atomic E-state index is 5.18. The minimum absolute atomic E-state index is 0.448. The molecule has 3 nitrogen and oxygen atoms in total. The largest absolute Gasteiger partial charge is 0.208 e. The normalized spacial score (nSPS) is 12.8. The molecular formula is C56H35N3S. The Kier molecular flexibility index (Phi) is 7.94. The van der Waals surface area contributed by atoms with E-state index in [2.05, 4.69) is 176 Å². The molecule has 11 aromatic rings. The van der Waals surface area contributed by atoms with E-state index in [0.717, 1.165) is 33.0 Å². The first-order valence-electron chi connectivity index (χ1n) is 20.4. The summed E-state index contributed by atoms with van der Waals surface area (Å²) in [5.74, 6) is 1.95. The second-order valence-electron chi connectivity index (χ2n) is 15.5. The summed E-state index contributed by atoms with van der Waals surface area (Å²) in [6.07, 6.45) is 0. The first kappa shape index (κ1) is 34.5.